The van der Waals surface area contributed by atoms with E-state index in [9.17, 15) is 9.59 Å². The predicted molar refractivity (Wildman–Crippen MR) is 80.4 cm³/mol. The summed E-state index contributed by atoms with van der Waals surface area (Å²) in [7, 11) is 1.79. The number of carbonyl (C=O) groups is 2. The molecule has 0 unspecified atom stereocenters. The SMILES string of the molecule is C[C@@H]1CCO[C@@H]1C(=O)N1CCC[C@H]1CC(=O)c1cnn(C)c1. The van der Waals surface area contributed by atoms with Gasteiger partial charge in [0, 0.05) is 38.9 Å². The van der Waals surface area contributed by atoms with Crippen LogP contribution in [0.2, 0.25) is 0 Å². The van der Waals surface area contributed by atoms with Crippen molar-refractivity contribution in [1.82, 2.24) is 14.7 Å². The van der Waals surface area contributed by atoms with Crippen LogP contribution in [0.4, 0.5) is 0 Å². The number of aryl methyl sites for hydroxylation is 1. The average molecular weight is 305 g/mol. The highest BCUT2D eigenvalue weighted by Crippen LogP contribution is 2.28. The molecular weight excluding hydrogens is 282 g/mol. The van der Waals surface area contributed by atoms with Gasteiger partial charge in [0.15, 0.2) is 5.78 Å². The molecule has 0 spiro atoms. The highest BCUT2D eigenvalue weighted by molar-refractivity contribution is 5.96. The van der Waals surface area contributed by atoms with Crippen molar-refractivity contribution in [3.63, 3.8) is 0 Å². The van der Waals surface area contributed by atoms with Crippen LogP contribution in [0.1, 0.15) is 43.0 Å². The van der Waals surface area contributed by atoms with E-state index < -0.39 is 0 Å². The van der Waals surface area contributed by atoms with Gasteiger partial charge in [0.05, 0.1) is 11.8 Å². The molecule has 120 valence electrons. The van der Waals surface area contributed by atoms with Crippen LogP contribution in [-0.2, 0) is 16.6 Å². The van der Waals surface area contributed by atoms with Gasteiger partial charge in [-0.3, -0.25) is 14.3 Å². The number of carbonyl (C=O) groups excluding carboxylic acids is 2. The number of aromatic nitrogens is 2. The fourth-order valence-corrected chi connectivity index (χ4v) is 3.41. The Labute approximate surface area is 130 Å². The van der Waals surface area contributed by atoms with Gasteiger partial charge >= 0.3 is 0 Å². The molecule has 0 N–H and O–H groups in total. The fourth-order valence-electron chi connectivity index (χ4n) is 3.41. The van der Waals surface area contributed by atoms with Gasteiger partial charge in [-0.15, -0.1) is 0 Å². The van der Waals surface area contributed by atoms with Crippen LogP contribution in [0.5, 0.6) is 0 Å². The Bertz CT molecular complexity index is 569. The van der Waals surface area contributed by atoms with Crippen LogP contribution in [0, 0.1) is 5.92 Å². The van der Waals surface area contributed by atoms with E-state index in [0.717, 1.165) is 25.8 Å². The molecule has 2 saturated heterocycles. The number of likely N-dealkylation sites (tertiary alicyclic amines) is 1. The van der Waals surface area contributed by atoms with Crippen LogP contribution in [0.3, 0.4) is 0 Å². The first-order valence-corrected chi connectivity index (χ1v) is 8.00. The molecule has 22 heavy (non-hydrogen) atoms. The number of ketones is 1. The summed E-state index contributed by atoms with van der Waals surface area (Å²) in [6.07, 6.45) is 6.14. The van der Waals surface area contributed by atoms with E-state index in [1.54, 1.807) is 24.1 Å². The molecular formula is C16H23N3O3. The van der Waals surface area contributed by atoms with Crippen LogP contribution in [-0.4, -0.2) is 51.7 Å². The Balaban J connectivity index is 1.65. The van der Waals surface area contributed by atoms with Gasteiger partial charge in [0.1, 0.15) is 6.10 Å². The first-order valence-electron chi connectivity index (χ1n) is 8.00. The van der Waals surface area contributed by atoms with Gasteiger partial charge in [-0.05, 0) is 25.2 Å². The minimum atomic E-state index is -0.325. The lowest BCUT2D eigenvalue weighted by Crippen LogP contribution is -2.44. The Morgan fingerprint density at radius 3 is 2.86 bits per heavy atom. The smallest absolute Gasteiger partial charge is 0.252 e. The third-order valence-corrected chi connectivity index (χ3v) is 4.74. The first kappa shape index (κ1) is 15.2. The minimum absolute atomic E-state index is 0.00314. The lowest BCUT2D eigenvalue weighted by atomic mass is 10.0. The van der Waals surface area contributed by atoms with Gasteiger partial charge in [-0.2, -0.15) is 5.10 Å². The van der Waals surface area contributed by atoms with Crippen LogP contribution in [0.25, 0.3) is 0 Å². The Morgan fingerprint density at radius 1 is 1.41 bits per heavy atom. The molecule has 2 aliphatic heterocycles. The number of hydrogen-bond acceptors (Lipinski definition) is 4. The van der Waals surface area contributed by atoms with Crippen molar-refractivity contribution in [1.29, 1.82) is 0 Å². The lowest BCUT2D eigenvalue weighted by molar-refractivity contribution is -0.143. The number of ether oxygens (including phenoxy) is 1. The second-order valence-corrected chi connectivity index (χ2v) is 6.42. The quantitative estimate of drug-likeness (QED) is 0.789. The number of rotatable bonds is 4. The molecule has 6 nitrogen and oxygen atoms in total. The van der Waals surface area contributed by atoms with E-state index in [0.29, 0.717) is 18.6 Å². The zero-order chi connectivity index (χ0) is 15.7. The van der Waals surface area contributed by atoms with Gasteiger partial charge in [0.25, 0.3) is 5.91 Å². The van der Waals surface area contributed by atoms with Crippen molar-refractivity contribution in [3.05, 3.63) is 18.0 Å². The third kappa shape index (κ3) is 2.92. The summed E-state index contributed by atoms with van der Waals surface area (Å²) in [4.78, 5) is 26.9. The summed E-state index contributed by atoms with van der Waals surface area (Å²) >= 11 is 0. The largest absolute Gasteiger partial charge is 0.368 e. The van der Waals surface area contributed by atoms with Gasteiger partial charge in [-0.25, -0.2) is 0 Å². The molecule has 0 radical (unpaired) electrons. The number of hydrogen-bond donors (Lipinski definition) is 0. The molecule has 0 saturated carbocycles. The summed E-state index contributed by atoms with van der Waals surface area (Å²) in [5.41, 5.74) is 0.618. The second-order valence-electron chi connectivity index (χ2n) is 6.42. The normalized spacial score (nSPS) is 28.3. The highest BCUT2D eigenvalue weighted by Gasteiger charge is 2.39. The molecule has 0 bridgehead atoms. The molecule has 2 fully saturated rings. The van der Waals surface area contributed by atoms with Crippen molar-refractivity contribution in [2.45, 2.75) is 44.8 Å². The molecule has 0 aliphatic carbocycles. The second kappa shape index (κ2) is 6.20. The van der Waals surface area contributed by atoms with Crippen molar-refractivity contribution in [2.24, 2.45) is 13.0 Å². The zero-order valence-electron chi connectivity index (χ0n) is 13.2. The maximum absolute atomic E-state index is 12.7. The summed E-state index contributed by atoms with van der Waals surface area (Å²) in [5.74, 6) is 0.382. The van der Waals surface area contributed by atoms with E-state index >= 15 is 0 Å². The van der Waals surface area contributed by atoms with Crippen LogP contribution >= 0.6 is 0 Å². The number of Topliss-reactive ketones (excluding diaryl/α,β-unsaturated/α-hetero) is 1. The standard InChI is InChI=1S/C16H23N3O3/c1-11-5-7-22-15(11)16(21)19-6-3-4-13(19)8-14(20)12-9-17-18(2)10-12/h9-11,13,15H,3-8H2,1-2H3/t11-,13+,15+/m1/s1. The summed E-state index contributed by atoms with van der Waals surface area (Å²) < 4.78 is 7.22. The summed E-state index contributed by atoms with van der Waals surface area (Å²) in [5, 5.41) is 4.03. The Hall–Kier alpha value is -1.69. The van der Waals surface area contributed by atoms with Gasteiger partial charge in [-0.1, -0.05) is 6.92 Å². The first-order chi connectivity index (χ1) is 10.6. The van der Waals surface area contributed by atoms with Crippen molar-refractivity contribution < 1.29 is 14.3 Å². The van der Waals surface area contributed by atoms with Gasteiger partial charge < -0.3 is 9.64 Å². The minimum Gasteiger partial charge on any atom is -0.368 e. The van der Waals surface area contributed by atoms with Gasteiger partial charge in [0.2, 0.25) is 0 Å². The van der Waals surface area contributed by atoms with E-state index in [4.69, 9.17) is 4.74 Å². The Morgan fingerprint density at radius 2 is 2.23 bits per heavy atom. The van der Waals surface area contributed by atoms with Crippen molar-refractivity contribution in [2.75, 3.05) is 13.2 Å². The molecule has 3 rings (SSSR count). The van der Waals surface area contributed by atoms with Crippen LogP contribution < -0.4 is 0 Å². The van der Waals surface area contributed by atoms with E-state index in [1.807, 2.05) is 4.90 Å². The molecule has 0 aromatic carbocycles. The molecule has 3 atom stereocenters. The molecule has 6 heteroatoms. The van der Waals surface area contributed by atoms with E-state index in [-0.39, 0.29) is 29.8 Å². The highest BCUT2D eigenvalue weighted by atomic mass is 16.5. The molecule has 2 aliphatic rings. The molecule has 1 aromatic heterocycles. The number of amides is 1. The van der Waals surface area contributed by atoms with Crippen molar-refractivity contribution in [3.8, 4) is 0 Å². The third-order valence-electron chi connectivity index (χ3n) is 4.74. The van der Waals surface area contributed by atoms with E-state index in [1.165, 1.54) is 0 Å². The lowest BCUT2D eigenvalue weighted by Gasteiger charge is -2.28. The number of nitrogens with zero attached hydrogens (tertiary/aromatic N) is 3. The van der Waals surface area contributed by atoms with Crippen molar-refractivity contribution >= 4 is 11.7 Å². The fraction of sp³-hybridized carbons (Fsp3) is 0.688. The summed E-state index contributed by atoms with van der Waals surface area (Å²) in [6.45, 7) is 3.45. The predicted octanol–water partition coefficient (Wildman–Crippen LogP) is 1.41. The van der Waals surface area contributed by atoms with E-state index in [2.05, 4.69) is 12.0 Å². The molecule has 3 heterocycles. The topological polar surface area (TPSA) is 64.4 Å². The van der Waals surface area contributed by atoms with Crippen LogP contribution in [0.15, 0.2) is 12.4 Å². The maximum atomic E-state index is 12.7. The average Bonchev–Trinajstić information content (AvgIpc) is 3.19. The monoisotopic (exact) mass is 305 g/mol. The zero-order valence-corrected chi connectivity index (χ0v) is 13.2. The molecule has 1 aromatic rings. The maximum Gasteiger partial charge on any atom is 0.252 e. The Kier molecular flexibility index (Phi) is 4.29. The molecule has 1 amide bonds. The summed E-state index contributed by atoms with van der Waals surface area (Å²) in [6, 6.07) is -0.00314.